The summed E-state index contributed by atoms with van der Waals surface area (Å²) >= 11 is 6.98. The highest BCUT2D eigenvalue weighted by atomic mass is 35.5. The third-order valence-electron chi connectivity index (χ3n) is 8.43. The maximum absolute atomic E-state index is 13.7. The van der Waals surface area contributed by atoms with Crippen LogP contribution in [0.5, 0.6) is 0 Å². The molecule has 2 amide bonds. The highest BCUT2D eigenvalue weighted by Gasteiger charge is 2.37. The van der Waals surface area contributed by atoms with Gasteiger partial charge in [-0.25, -0.2) is 14.6 Å². The summed E-state index contributed by atoms with van der Waals surface area (Å²) in [4.78, 5) is 53.4. The molecule has 4 atom stereocenters. The van der Waals surface area contributed by atoms with Crippen LogP contribution >= 0.6 is 11.6 Å². The number of hydrogen-bond donors (Lipinski definition) is 7. The first-order valence-corrected chi connectivity index (χ1v) is 17.5. The van der Waals surface area contributed by atoms with Gasteiger partial charge in [0.05, 0.1) is 60.0 Å². The van der Waals surface area contributed by atoms with Crippen molar-refractivity contribution in [3.8, 4) is 12.1 Å². The zero-order chi connectivity index (χ0) is 39.5. The summed E-state index contributed by atoms with van der Waals surface area (Å²) in [6.45, 7) is 6.53. The van der Waals surface area contributed by atoms with E-state index in [2.05, 4.69) is 47.4 Å². The number of halogens is 1. The number of esters is 1. The first-order valence-electron chi connectivity index (χ1n) is 17.1. The van der Waals surface area contributed by atoms with Crippen LogP contribution in [0.2, 0.25) is 5.02 Å². The molecule has 0 bridgehead atoms. The normalized spacial score (nSPS) is 16.1. The predicted molar refractivity (Wildman–Crippen MR) is 207 cm³/mol. The van der Waals surface area contributed by atoms with Gasteiger partial charge in [-0.3, -0.25) is 9.79 Å². The molecule has 3 heterocycles. The van der Waals surface area contributed by atoms with Crippen molar-refractivity contribution >= 4 is 64.3 Å². The van der Waals surface area contributed by atoms with E-state index in [9.17, 15) is 24.9 Å². The minimum absolute atomic E-state index is 0. The van der Waals surface area contributed by atoms with Crippen LogP contribution in [0.25, 0.3) is 5.65 Å². The number of carbonyl (C=O) groups is 3. The second kappa shape index (κ2) is 19.8. The molecular weight excluding hydrogens is 734 g/mol. The van der Waals surface area contributed by atoms with Gasteiger partial charge >= 0.3 is 12.1 Å². The Morgan fingerprint density at radius 1 is 1.20 bits per heavy atom. The first-order chi connectivity index (χ1) is 25.8. The van der Waals surface area contributed by atoms with Crippen LogP contribution in [0.4, 0.5) is 27.9 Å². The lowest BCUT2D eigenvalue weighted by Crippen LogP contribution is -2.58. The molecular formula is C34H48ClN15O5. The molecule has 1 fully saturated rings. The van der Waals surface area contributed by atoms with Gasteiger partial charge in [0.15, 0.2) is 23.1 Å². The highest BCUT2D eigenvalue weighted by Crippen LogP contribution is 2.37. The van der Waals surface area contributed by atoms with Gasteiger partial charge in [-0.05, 0) is 44.2 Å². The number of hydrogen-bond acceptors (Lipinski definition) is 15. The third-order valence-corrected chi connectivity index (χ3v) is 8.83. The molecule has 0 radical (unpaired) electrons. The number of piperidine rings is 1. The lowest BCUT2D eigenvalue weighted by atomic mass is 9.99. The number of methoxy groups -OCH3 is 1. The molecule has 0 spiro atoms. The van der Waals surface area contributed by atoms with Crippen LogP contribution in [0.3, 0.4) is 0 Å². The molecule has 1 aromatic carbocycles. The number of nitrogens with one attached hydrogen (secondary N) is 4. The lowest BCUT2D eigenvalue weighted by Gasteiger charge is -2.40. The molecule has 1 saturated heterocycles. The van der Waals surface area contributed by atoms with Crippen molar-refractivity contribution < 1.29 is 23.9 Å². The Bertz CT molecular complexity index is 1950. The number of alkyl carbamates (subject to hydrolysis) is 1. The van der Waals surface area contributed by atoms with Crippen LogP contribution in [-0.4, -0.2) is 101 Å². The number of anilines is 4. The average Bonchev–Trinajstić information content (AvgIpc) is 3.56. The number of fused-ring (bicyclic) bond motifs is 1. The molecule has 0 unspecified atom stereocenters. The number of rotatable bonds is 15. The molecule has 3 aromatic rings. The molecule has 4 rings (SSSR count). The Morgan fingerprint density at radius 3 is 2.58 bits per heavy atom. The molecule has 2 aromatic heterocycles. The quantitative estimate of drug-likeness (QED) is 0.0499. The van der Waals surface area contributed by atoms with Gasteiger partial charge in [0.2, 0.25) is 11.9 Å². The maximum atomic E-state index is 13.7. The van der Waals surface area contributed by atoms with Gasteiger partial charge in [0, 0.05) is 19.6 Å². The number of nitrogens with zero attached hydrogens (tertiary/aromatic N) is 8. The number of ether oxygens (including phenoxy) is 2. The Balaban J connectivity index is 0.00000812. The second-order valence-electron chi connectivity index (χ2n) is 12.6. The van der Waals surface area contributed by atoms with Crippen molar-refractivity contribution in [2.75, 3.05) is 48.8 Å². The fourth-order valence-electron chi connectivity index (χ4n) is 5.67. The smallest absolute Gasteiger partial charge is 0.407 e. The number of nitrogens with two attached hydrogens (primary N) is 3. The average molecular weight is 782 g/mol. The summed E-state index contributed by atoms with van der Waals surface area (Å²) in [5.41, 5.74) is 18.2. The zero-order valence-electron chi connectivity index (χ0n) is 30.3. The van der Waals surface area contributed by atoms with E-state index in [1.54, 1.807) is 19.9 Å². The SMILES string of the molecule is C.CCNc1nc(Nc2cc(C#N)cc(N3CC[C@@H](NC(=O)OC)[C@H](OC(=O)[C@@H](NC(=O)[C@@H](N)CCCN=C(N)N)C(C)C)C3)c2Cl)nn2c(C#N)cnc12. The standard InChI is InChI=1S/C33H44ClN15O5.CH4/c1-5-40-27-28-42-15-19(14-36)49(28)47-32(46-27)43-22-11-18(13-35)12-23(25(22)34)48-10-8-21(44-33(52)53-4)24(16-48)54-30(51)26(17(2)3)45-29(50)20(37)7-6-9-41-31(38)39;/h11-12,15,17,20-21,24,26H,5-10,16,37H2,1-4H3,(H,44,52)(H,45,50)(H4,38,39,41)(H2,40,43,46,47);1H4/t20-,21+,24+,26-;/m0./s1. The number of carbonyl (C=O) groups excluding carboxylic acids is 3. The van der Waals surface area contributed by atoms with E-state index < -0.39 is 48.1 Å². The van der Waals surface area contributed by atoms with E-state index in [0.717, 1.165) is 0 Å². The van der Waals surface area contributed by atoms with E-state index in [1.165, 1.54) is 23.9 Å². The summed E-state index contributed by atoms with van der Waals surface area (Å²) in [7, 11) is 1.22. The molecule has 20 nitrogen and oxygen atoms in total. The second-order valence-corrected chi connectivity index (χ2v) is 13.0. The summed E-state index contributed by atoms with van der Waals surface area (Å²) in [5.74, 6) is -1.31. The van der Waals surface area contributed by atoms with Crippen molar-refractivity contribution in [2.24, 2.45) is 28.1 Å². The number of amides is 2. The minimum Gasteiger partial charge on any atom is -0.457 e. The van der Waals surface area contributed by atoms with Gasteiger partial charge in [-0.2, -0.15) is 20.0 Å². The monoisotopic (exact) mass is 781 g/mol. The number of benzene rings is 1. The Labute approximate surface area is 323 Å². The van der Waals surface area contributed by atoms with E-state index in [-0.39, 0.29) is 60.7 Å². The van der Waals surface area contributed by atoms with Crippen molar-refractivity contribution in [2.45, 2.75) is 71.7 Å². The van der Waals surface area contributed by atoms with Crippen molar-refractivity contribution in [3.05, 3.63) is 34.6 Å². The molecule has 0 saturated carbocycles. The number of imidazole rings is 1. The van der Waals surface area contributed by atoms with Gasteiger partial charge < -0.3 is 52.8 Å². The molecule has 55 heavy (non-hydrogen) atoms. The number of aromatic nitrogens is 4. The van der Waals surface area contributed by atoms with Gasteiger partial charge in [0.1, 0.15) is 18.2 Å². The third kappa shape index (κ3) is 11.0. The van der Waals surface area contributed by atoms with Crippen LogP contribution in [-0.2, 0) is 19.1 Å². The summed E-state index contributed by atoms with van der Waals surface area (Å²) < 4.78 is 12.2. The summed E-state index contributed by atoms with van der Waals surface area (Å²) in [6, 6.07) is 4.60. The van der Waals surface area contributed by atoms with Crippen molar-refractivity contribution in [1.82, 2.24) is 30.2 Å². The number of nitriles is 2. The molecule has 0 aliphatic carbocycles. The van der Waals surface area contributed by atoms with Crippen LogP contribution < -0.4 is 43.4 Å². The van der Waals surface area contributed by atoms with Gasteiger partial charge in [0.25, 0.3) is 0 Å². The van der Waals surface area contributed by atoms with E-state index >= 15 is 0 Å². The molecule has 10 N–H and O–H groups in total. The fourth-order valence-corrected chi connectivity index (χ4v) is 5.95. The van der Waals surface area contributed by atoms with Crippen LogP contribution in [0.1, 0.15) is 58.7 Å². The zero-order valence-corrected chi connectivity index (χ0v) is 31.1. The minimum atomic E-state index is -1.07. The van der Waals surface area contributed by atoms with E-state index in [4.69, 9.17) is 38.3 Å². The molecule has 1 aliphatic heterocycles. The van der Waals surface area contributed by atoms with Gasteiger partial charge in [-0.1, -0.05) is 32.9 Å². The van der Waals surface area contributed by atoms with E-state index in [1.807, 2.05) is 17.9 Å². The summed E-state index contributed by atoms with van der Waals surface area (Å²) in [5, 5.41) is 35.7. The number of guanidine groups is 1. The fraction of sp³-hybridized carbons (Fsp3) is 0.500. The van der Waals surface area contributed by atoms with Crippen molar-refractivity contribution in [3.63, 3.8) is 0 Å². The van der Waals surface area contributed by atoms with Crippen LogP contribution in [0.15, 0.2) is 23.3 Å². The summed E-state index contributed by atoms with van der Waals surface area (Å²) in [6.07, 6.45) is 0.703. The number of aliphatic imine (C=N–C) groups is 1. The molecule has 1 aliphatic rings. The topological polar surface area (TPSA) is 302 Å². The van der Waals surface area contributed by atoms with Crippen molar-refractivity contribution in [1.29, 1.82) is 10.5 Å². The Kier molecular flexibility index (Phi) is 15.6. The van der Waals surface area contributed by atoms with Gasteiger partial charge in [-0.15, -0.1) is 5.10 Å². The Hall–Kier alpha value is -6.12. The largest absolute Gasteiger partial charge is 0.457 e. The first kappa shape index (κ1) is 43.3. The predicted octanol–water partition coefficient (Wildman–Crippen LogP) is 1.70. The molecule has 21 heteroatoms. The highest BCUT2D eigenvalue weighted by molar-refractivity contribution is 6.36. The Morgan fingerprint density at radius 2 is 1.95 bits per heavy atom. The maximum Gasteiger partial charge on any atom is 0.407 e. The van der Waals surface area contributed by atoms with Crippen LogP contribution in [0, 0.1) is 28.6 Å². The van der Waals surface area contributed by atoms with E-state index in [0.29, 0.717) is 43.2 Å². The lowest BCUT2D eigenvalue weighted by molar-refractivity contribution is -0.156. The molecule has 296 valence electrons.